The molecule has 0 aromatic heterocycles. The second kappa shape index (κ2) is 11.1. The van der Waals surface area contributed by atoms with Gasteiger partial charge in [0.05, 0.1) is 12.1 Å². The van der Waals surface area contributed by atoms with Crippen molar-refractivity contribution in [3.05, 3.63) is 0 Å². The zero-order chi connectivity index (χ0) is 22.6. The number of rotatable bonds is 9. The van der Waals surface area contributed by atoms with Gasteiger partial charge in [-0.05, 0) is 40.0 Å². The number of carbonyl (C=O) groups excluding carboxylic acids is 1. The topological polar surface area (TPSA) is 38.8 Å². The second-order valence-corrected chi connectivity index (χ2v) is 12.4. The first-order valence-electron chi connectivity index (χ1n) is 14.1. The van der Waals surface area contributed by atoms with E-state index in [1.54, 1.807) is 5.06 Å². The molecule has 0 N–H and O–H groups in total. The Morgan fingerprint density at radius 3 is 2.12 bits per heavy atom. The molecule has 32 heavy (non-hydrogen) atoms. The standard InChI is InChI=1S/C27H48BNO3/c1-27(2,3)31-26(30)29-24-18-12-17-23(24)25(32-29)19-8-6-4-5-7-9-20-28-21-13-10-14-22(28)16-11-15-21/h21-25H,4-20H2,1-3H3/t21?,22?,23-,24+,25-/m0/s1. The van der Waals surface area contributed by atoms with E-state index in [-0.39, 0.29) is 18.2 Å². The number of hydrogen-bond acceptors (Lipinski definition) is 3. The number of unbranched alkanes of at least 4 members (excludes halogenated alkanes) is 5. The Balaban J connectivity index is 1.09. The minimum atomic E-state index is -0.470. The molecular formula is C27H48BNO3. The second-order valence-electron chi connectivity index (χ2n) is 12.4. The first-order chi connectivity index (χ1) is 15.4. The van der Waals surface area contributed by atoms with Crippen LogP contribution < -0.4 is 0 Å². The number of hydrogen-bond donors (Lipinski definition) is 0. The van der Waals surface area contributed by atoms with Crippen LogP contribution in [-0.2, 0) is 9.57 Å². The lowest BCUT2D eigenvalue weighted by Gasteiger charge is -2.40. The first kappa shape index (κ1) is 24.4. The van der Waals surface area contributed by atoms with Crippen LogP contribution in [0.5, 0.6) is 0 Å². The van der Waals surface area contributed by atoms with E-state index in [2.05, 4.69) is 0 Å². The van der Waals surface area contributed by atoms with Crippen LogP contribution in [0.15, 0.2) is 0 Å². The van der Waals surface area contributed by atoms with Gasteiger partial charge >= 0.3 is 6.09 Å². The normalized spacial score (nSPS) is 32.3. The Bertz CT molecular complexity index is 584. The largest absolute Gasteiger partial charge is 0.442 e. The lowest BCUT2D eigenvalue weighted by atomic mass is 9.26. The average molecular weight is 445 g/mol. The summed E-state index contributed by atoms with van der Waals surface area (Å²) in [6.07, 6.45) is 23.2. The van der Waals surface area contributed by atoms with E-state index >= 15 is 0 Å². The van der Waals surface area contributed by atoms with Gasteiger partial charge in [0.2, 0.25) is 0 Å². The minimum absolute atomic E-state index is 0.209. The summed E-state index contributed by atoms with van der Waals surface area (Å²) in [5, 5.41) is 1.59. The van der Waals surface area contributed by atoms with Crippen LogP contribution in [0.2, 0.25) is 18.0 Å². The van der Waals surface area contributed by atoms with E-state index in [0.717, 1.165) is 31.2 Å². The Hall–Kier alpha value is -0.705. The number of amides is 1. The molecule has 3 atom stereocenters. The molecule has 2 bridgehead atoms. The highest BCUT2D eigenvalue weighted by atomic mass is 16.7. The molecule has 1 saturated carbocycles. The van der Waals surface area contributed by atoms with Crippen LogP contribution in [-0.4, -0.2) is 35.6 Å². The van der Waals surface area contributed by atoms with E-state index in [0.29, 0.717) is 5.92 Å². The lowest BCUT2D eigenvalue weighted by molar-refractivity contribution is -0.154. The van der Waals surface area contributed by atoms with Crippen LogP contribution >= 0.6 is 0 Å². The van der Waals surface area contributed by atoms with Crippen LogP contribution in [0.25, 0.3) is 0 Å². The third-order valence-electron chi connectivity index (χ3n) is 8.92. The highest BCUT2D eigenvalue weighted by Gasteiger charge is 2.48. The summed E-state index contributed by atoms with van der Waals surface area (Å²) in [7, 11) is 0. The van der Waals surface area contributed by atoms with Gasteiger partial charge in [-0.25, -0.2) is 4.79 Å². The summed E-state index contributed by atoms with van der Waals surface area (Å²) in [5.74, 6) is 2.67. The van der Waals surface area contributed by atoms with E-state index in [1.165, 1.54) is 96.2 Å². The first-order valence-corrected chi connectivity index (χ1v) is 14.1. The summed E-state index contributed by atoms with van der Waals surface area (Å²) in [4.78, 5) is 18.7. The van der Waals surface area contributed by atoms with Crippen molar-refractivity contribution in [2.24, 2.45) is 5.92 Å². The molecule has 0 aromatic carbocycles. The Morgan fingerprint density at radius 1 is 0.875 bits per heavy atom. The Morgan fingerprint density at radius 2 is 1.47 bits per heavy atom. The van der Waals surface area contributed by atoms with Crippen molar-refractivity contribution < 1.29 is 14.4 Å². The molecule has 1 amide bonds. The van der Waals surface area contributed by atoms with Crippen LogP contribution in [0.3, 0.4) is 0 Å². The molecule has 0 spiro atoms. The summed E-state index contributed by atoms with van der Waals surface area (Å²) < 4.78 is 5.59. The number of hydroxylamine groups is 2. The number of fused-ring (bicyclic) bond motifs is 3. The lowest BCUT2D eigenvalue weighted by Crippen LogP contribution is -2.39. The summed E-state index contributed by atoms with van der Waals surface area (Å²) >= 11 is 0. The maximum Gasteiger partial charge on any atom is 0.434 e. The van der Waals surface area contributed by atoms with Gasteiger partial charge in [-0.2, -0.15) is 5.06 Å². The van der Waals surface area contributed by atoms with Gasteiger partial charge in [0.15, 0.2) is 0 Å². The van der Waals surface area contributed by atoms with Crippen molar-refractivity contribution in [1.82, 2.24) is 5.06 Å². The van der Waals surface area contributed by atoms with E-state index in [1.807, 2.05) is 20.8 Å². The van der Waals surface area contributed by atoms with Crippen molar-refractivity contribution in [1.29, 1.82) is 0 Å². The molecule has 4 nitrogen and oxygen atoms in total. The van der Waals surface area contributed by atoms with Crippen molar-refractivity contribution in [2.75, 3.05) is 0 Å². The molecule has 0 unspecified atom stereocenters. The van der Waals surface area contributed by atoms with Crippen molar-refractivity contribution in [2.45, 2.75) is 159 Å². The van der Waals surface area contributed by atoms with Gasteiger partial charge < -0.3 is 4.74 Å². The van der Waals surface area contributed by atoms with Gasteiger partial charge in [0.25, 0.3) is 0 Å². The van der Waals surface area contributed by atoms with E-state index < -0.39 is 5.60 Å². The number of ether oxygens (including phenoxy) is 1. The number of carbonyl (C=O) groups is 1. The van der Waals surface area contributed by atoms with Gasteiger partial charge in [-0.1, -0.05) is 101 Å². The molecule has 5 heteroatoms. The zero-order valence-electron chi connectivity index (χ0n) is 21.2. The molecule has 4 fully saturated rings. The van der Waals surface area contributed by atoms with Crippen LogP contribution in [0.1, 0.15) is 124 Å². The molecule has 3 aliphatic heterocycles. The number of nitrogens with zero attached hydrogens (tertiary/aromatic N) is 1. The maximum atomic E-state index is 12.6. The Kier molecular flexibility index (Phi) is 8.51. The van der Waals surface area contributed by atoms with E-state index in [9.17, 15) is 4.79 Å². The fourth-order valence-corrected chi connectivity index (χ4v) is 7.47. The average Bonchev–Trinajstić information content (AvgIpc) is 3.32. The quantitative estimate of drug-likeness (QED) is 0.266. The van der Waals surface area contributed by atoms with Crippen LogP contribution in [0.4, 0.5) is 4.79 Å². The van der Waals surface area contributed by atoms with Gasteiger partial charge in [0.1, 0.15) is 12.3 Å². The van der Waals surface area contributed by atoms with Crippen molar-refractivity contribution in [3.8, 4) is 0 Å². The van der Waals surface area contributed by atoms with E-state index in [4.69, 9.17) is 9.57 Å². The van der Waals surface area contributed by atoms with Gasteiger partial charge in [-0.3, -0.25) is 4.84 Å². The predicted octanol–water partition coefficient (Wildman–Crippen LogP) is 8.04. The van der Waals surface area contributed by atoms with Gasteiger partial charge in [0, 0.05) is 5.92 Å². The fraction of sp³-hybridized carbons (Fsp3) is 0.963. The molecule has 182 valence electrons. The molecule has 4 aliphatic rings. The van der Waals surface area contributed by atoms with Crippen LogP contribution in [0, 0.1) is 5.92 Å². The summed E-state index contributed by atoms with van der Waals surface area (Å²) in [5.41, 5.74) is -0.470. The maximum absolute atomic E-state index is 12.6. The van der Waals surface area contributed by atoms with Gasteiger partial charge in [-0.15, -0.1) is 0 Å². The summed E-state index contributed by atoms with van der Waals surface area (Å²) in [6, 6.07) is 0.231. The van der Waals surface area contributed by atoms with Crippen molar-refractivity contribution >= 4 is 12.8 Å². The fourth-order valence-electron chi connectivity index (χ4n) is 7.47. The molecule has 1 aliphatic carbocycles. The highest BCUT2D eigenvalue weighted by molar-refractivity contribution is 6.62. The smallest absolute Gasteiger partial charge is 0.434 e. The third kappa shape index (κ3) is 6.24. The molecule has 0 aromatic rings. The SMILES string of the molecule is CC(C)(C)OC(=O)N1O[C@@H](CCCCCCCCB2C3CCCC2CCC3)[C@H]2CCC[C@H]21. The monoisotopic (exact) mass is 445 g/mol. The minimum Gasteiger partial charge on any atom is -0.442 e. The Labute approximate surface area is 197 Å². The van der Waals surface area contributed by atoms with Crippen molar-refractivity contribution in [3.63, 3.8) is 0 Å². The third-order valence-corrected chi connectivity index (χ3v) is 8.92. The molecule has 3 heterocycles. The predicted molar refractivity (Wildman–Crippen MR) is 132 cm³/mol. The molecule has 3 saturated heterocycles. The summed E-state index contributed by atoms with van der Waals surface area (Å²) in [6.45, 7) is 6.84. The molecular weight excluding hydrogens is 397 g/mol. The molecule has 0 radical (unpaired) electrons. The zero-order valence-corrected chi connectivity index (χ0v) is 21.2. The highest BCUT2D eigenvalue weighted by Crippen LogP contribution is 2.48. The molecule has 4 rings (SSSR count).